The average Bonchev–Trinajstić information content (AvgIpc) is 3.58. The van der Waals surface area contributed by atoms with E-state index in [9.17, 15) is 0 Å². The number of para-hydroxylation sites is 2. The summed E-state index contributed by atoms with van der Waals surface area (Å²) in [6.45, 7) is 0. The van der Waals surface area contributed by atoms with Crippen LogP contribution in [0.15, 0.2) is 182 Å². The minimum atomic E-state index is 0.892. The second-order valence-electron chi connectivity index (χ2n) is 13.6. The molecule has 0 bridgehead atoms. The first-order valence-electron chi connectivity index (χ1n) is 18.0. The maximum absolute atomic E-state index is 5.51. The number of benzene rings is 7. The lowest BCUT2D eigenvalue weighted by molar-refractivity contribution is 1.18. The average molecular weight is 675 g/mol. The fraction of sp³-hybridized carbons (Fsp3) is 0. The Morgan fingerprint density at radius 3 is 1.66 bits per heavy atom. The normalized spacial score (nSPS) is 11.8. The molecule has 0 saturated heterocycles. The Morgan fingerprint density at radius 1 is 0.358 bits per heavy atom. The lowest BCUT2D eigenvalue weighted by Gasteiger charge is -2.14. The van der Waals surface area contributed by atoms with Gasteiger partial charge in [0.2, 0.25) is 0 Å². The highest BCUT2D eigenvalue weighted by atomic mass is 15.0. The lowest BCUT2D eigenvalue weighted by atomic mass is 9.95. The molecular formula is C49H30N4. The summed E-state index contributed by atoms with van der Waals surface area (Å²) in [4.78, 5) is 15.9. The zero-order valence-corrected chi connectivity index (χ0v) is 28.6. The summed E-state index contributed by atoms with van der Waals surface area (Å²) in [7, 11) is 0. The Hall–Kier alpha value is -7.17. The minimum Gasteiger partial charge on any atom is -0.309 e. The van der Waals surface area contributed by atoms with Crippen LogP contribution in [-0.2, 0) is 0 Å². The van der Waals surface area contributed by atoms with E-state index in [1.165, 1.54) is 21.7 Å². The largest absolute Gasteiger partial charge is 0.309 e. The van der Waals surface area contributed by atoms with Crippen LogP contribution < -0.4 is 0 Å². The molecule has 0 unspecified atom stereocenters. The van der Waals surface area contributed by atoms with Crippen LogP contribution in [0, 0.1) is 0 Å². The summed E-state index contributed by atoms with van der Waals surface area (Å²) in [5.41, 5.74) is 12.2. The van der Waals surface area contributed by atoms with Gasteiger partial charge in [-0.15, -0.1) is 0 Å². The number of nitrogens with zero attached hydrogens (tertiary/aromatic N) is 4. The number of aromatic nitrogens is 4. The molecule has 0 spiro atoms. The Kier molecular flexibility index (Phi) is 6.52. The molecule has 53 heavy (non-hydrogen) atoms. The Labute approximate surface area is 305 Å². The standard InChI is InChI=1S/C49H30N4/c1-4-12-31(13-5-1)40-27-23-33-20-21-34-24-28-41(51-49(34)48(33)50-40)35-22-25-37-38-26-29-44-45(46(38)47(52-42(37)30-35)32-14-6-2-7-15-32)39-18-10-11-19-43(39)53(44)36-16-8-3-9-17-36/h1-30H. The van der Waals surface area contributed by atoms with Gasteiger partial charge in [0.25, 0.3) is 0 Å². The van der Waals surface area contributed by atoms with Gasteiger partial charge in [-0.3, -0.25) is 0 Å². The molecule has 0 aliphatic carbocycles. The third-order valence-electron chi connectivity index (χ3n) is 10.5. The molecule has 4 nitrogen and oxygen atoms in total. The molecule has 4 heteroatoms. The molecule has 246 valence electrons. The quantitative estimate of drug-likeness (QED) is 0.175. The van der Waals surface area contributed by atoms with E-state index >= 15 is 0 Å². The summed E-state index contributed by atoms with van der Waals surface area (Å²) < 4.78 is 2.37. The highest BCUT2D eigenvalue weighted by molar-refractivity contribution is 6.28. The molecule has 0 aliphatic rings. The summed E-state index contributed by atoms with van der Waals surface area (Å²) in [6.07, 6.45) is 0. The van der Waals surface area contributed by atoms with Gasteiger partial charge < -0.3 is 4.57 Å². The molecule has 0 fully saturated rings. The zero-order chi connectivity index (χ0) is 34.9. The fourth-order valence-corrected chi connectivity index (χ4v) is 8.08. The van der Waals surface area contributed by atoms with Crippen LogP contribution in [0.4, 0.5) is 0 Å². The monoisotopic (exact) mass is 674 g/mol. The van der Waals surface area contributed by atoms with Crippen LogP contribution in [0.25, 0.3) is 105 Å². The highest BCUT2D eigenvalue weighted by Crippen LogP contribution is 2.43. The van der Waals surface area contributed by atoms with Gasteiger partial charge in [0.1, 0.15) is 0 Å². The van der Waals surface area contributed by atoms with Crippen molar-refractivity contribution in [1.29, 1.82) is 0 Å². The van der Waals surface area contributed by atoms with Crippen molar-refractivity contribution in [3.63, 3.8) is 0 Å². The molecule has 0 amide bonds. The first kappa shape index (κ1) is 29.5. The molecular weight excluding hydrogens is 645 g/mol. The van der Waals surface area contributed by atoms with Crippen molar-refractivity contribution in [3.05, 3.63) is 182 Å². The maximum atomic E-state index is 5.51. The van der Waals surface area contributed by atoms with Gasteiger partial charge in [0.05, 0.1) is 44.7 Å². The van der Waals surface area contributed by atoms with Gasteiger partial charge >= 0.3 is 0 Å². The number of fused-ring (bicyclic) bond motifs is 10. The Balaban J connectivity index is 1.16. The molecule has 0 N–H and O–H groups in total. The second kappa shape index (κ2) is 11.7. The predicted molar refractivity (Wildman–Crippen MR) is 220 cm³/mol. The Morgan fingerprint density at radius 2 is 0.943 bits per heavy atom. The van der Waals surface area contributed by atoms with E-state index in [-0.39, 0.29) is 0 Å². The van der Waals surface area contributed by atoms with E-state index in [1.54, 1.807) is 0 Å². The molecule has 0 saturated carbocycles. The number of hydrogen-bond donors (Lipinski definition) is 0. The number of rotatable bonds is 4. The van der Waals surface area contributed by atoms with Crippen LogP contribution in [0.3, 0.4) is 0 Å². The van der Waals surface area contributed by atoms with E-state index in [1.807, 2.05) is 18.2 Å². The molecule has 0 aliphatic heterocycles. The van der Waals surface area contributed by atoms with Crippen molar-refractivity contribution >= 4 is 65.3 Å². The van der Waals surface area contributed by atoms with Crippen molar-refractivity contribution in [2.24, 2.45) is 0 Å². The summed E-state index contributed by atoms with van der Waals surface area (Å²) in [6, 6.07) is 64.2. The van der Waals surface area contributed by atoms with E-state index in [0.29, 0.717) is 0 Å². The SMILES string of the molecule is c1ccc(-c2ccc3ccc4ccc(-c5ccc6c(c5)nc(-c5ccccc5)c5c6ccc6c5c5ccccc5n6-c5ccccc5)nc4c3n2)cc1. The Bertz CT molecular complexity index is 3200. The van der Waals surface area contributed by atoms with Crippen molar-refractivity contribution in [2.45, 2.75) is 0 Å². The topological polar surface area (TPSA) is 43.6 Å². The number of hydrogen-bond acceptors (Lipinski definition) is 3. The molecule has 11 rings (SSSR count). The van der Waals surface area contributed by atoms with E-state index in [4.69, 9.17) is 15.0 Å². The van der Waals surface area contributed by atoms with Crippen LogP contribution in [-0.4, -0.2) is 19.5 Å². The van der Waals surface area contributed by atoms with Crippen molar-refractivity contribution in [3.8, 4) is 39.5 Å². The highest BCUT2D eigenvalue weighted by Gasteiger charge is 2.20. The van der Waals surface area contributed by atoms with Gasteiger partial charge in [-0.05, 0) is 47.9 Å². The number of pyridine rings is 3. The molecule has 0 radical (unpaired) electrons. The first-order chi connectivity index (χ1) is 26.3. The zero-order valence-electron chi connectivity index (χ0n) is 28.6. The second-order valence-corrected chi connectivity index (χ2v) is 13.6. The van der Waals surface area contributed by atoms with E-state index < -0.39 is 0 Å². The molecule has 4 heterocycles. The summed E-state index contributed by atoms with van der Waals surface area (Å²) in [5.74, 6) is 0. The van der Waals surface area contributed by atoms with Gasteiger partial charge in [-0.25, -0.2) is 15.0 Å². The van der Waals surface area contributed by atoms with Crippen LogP contribution in [0.1, 0.15) is 0 Å². The third-order valence-corrected chi connectivity index (χ3v) is 10.5. The lowest BCUT2D eigenvalue weighted by Crippen LogP contribution is -1.95. The van der Waals surface area contributed by atoms with Gasteiger partial charge in [0.15, 0.2) is 0 Å². The van der Waals surface area contributed by atoms with Crippen molar-refractivity contribution in [1.82, 2.24) is 19.5 Å². The molecule has 4 aromatic heterocycles. The smallest absolute Gasteiger partial charge is 0.0972 e. The van der Waals surface area contributed by atoms with Crippen molar-refractivity contribution < 1.29 is 0 Å². The van der Waals surface area contributed by atoms with Gasteiger partial charge in [-0.1, -0.05) is 140 Å². The molecule has 0 atom stereocenters. The van der Waals surface area contributed by atoms with E-state index in [0.717, 1.165) is 83.1 Å². The van der Waals surface area contributed by atoms with Crippen LogP contribution >= 0.6 is 0 Å². The molecule has 11 aromatic rings. The van der Waals surface area contributed by atoms with Gasteiger partial charge in [0, 0.05) is 54.7 Å². The van der Waals surface area contributed by atoms with Crippen LogP contribution in [0.2, 0.25) is 0 Å². The van der Waals surface area contributed by atoms with Gasteiger partial charge in [-0.2, -0.15) is 0 Å². The minimum absolute atomic E-state index is 0.892. The summed E-state index contributed by atoms with van der Waals surface area (Å²) in [5, 5.41) is 8.01. The predicted octanol–water partition coefficient (Wildman–Crippen LogP) is 12.6. The fourth-order valence-electron chi connectivity index (χ4n) is 8.08. The first-order valence-corrected chi connectivity index (χ1v) is 18.0. The molecule has 7 aromatic carbocycles. The summed E-state index contributed by atoms with van der Waals surface area (Å²) >= 11 is 0. The van der Waals surface area contributed by atoms with Crippen molar-refractivity contribution in [2.75, 3.05) is 0 Å². The van der Waals surface area contributed by atoms with Crippen LogP contribution in [0.5, 0.6) is 0 Å². The maximum Gasteiger partial charge on any atom is 0.0972 e. The third kappa shape index (κ3) is 4.66. The van der Waals surface area contributed by atoms with E-state index in [2.05, 4.69) is 168 Å².